The number of nitrogen functional groups attached to an aromatic ring is 1. The topological polar surface area (TPSA) is 88.2 Å². The molecule has 0 saturated carbocycles. The van der Waals surface area contributed by atoms with Crippen molar-refractivity contribution in [1.29, 1.82) is 0 Å². The van der Waals surface area contributed by atoms with Crippen LogP contribution in [-0.2, 0) is 12.8 Å². The quantitative estimate of drug-likeness (QED) is 0.552. The van der Waals surface area contributed by atoms with Crippen LogP contribution in [0.15, 0.2) is 18.2 Å². The Labute approximate surface area is 104 Å². The Morgan fingerprint density at radius 1 is 1.39 bits per heavy atom. The van der Waals surface area contributed by atoms with Crippen molar-refractivity contribution in [2.45, 2.75) is 19.3 Å². The Balaban J connectivity index is 2.34. The Morgan fingerprint density at radius 2 is 2.22 bits per heavy atom. The molecule has 5 nitrogen and oxygen atoms in total. The number of hydrogen-bond acceptors (Lipinski definition) is 4. The second-order valence-corrected chi connectivity index (χ2v) is 4.45. The Morgan fingerprint density at radius 3 is 2.94 bits per heavy atom. The summed E-state index contributed by atoms with van der Waals surface area (Å²) in [6.45, 7) is 0. The summed E-state index contributed by atoms with van der Waals surface area (Å²) in [7, 11) is 0. The van der Waals surface area contributed by atoms with Crippen molar-refractivity contribution in [3.05, 3.63) is 35.0 Å². The number of benzene rings is 1. The highest BCUT2D eigenvalue weighted by molar-refractivity contribution is 5.99. The van der Waals surface area contributed by atoms with Crippen LogP contribution in [0.2, 0.25) is 0 Å². The zero-order valence-corrected chi connectivity index (χ0v) is 9.73. The van der Waals surface area contributed by atoms with Gasteiger partial charge in [0.15, 0.2) is 0 Å². The van der Waals surface area contributed by atoms with Crippen molar-refractivity contribution in [2.24, 2.45) is 5.84 Å². The predicted octanol–water partition coefficient (Wildman–Crippen LogP) is 1.71. The molecular formula is C13H13N3O2. The van der Waals surface area contributed by atoms with Crippen molar-refractivity contribution in [2.75, 3.05) is 5.43 Å². The molecule has 1 aliphatic carbocycles. The van der Waals surface area contributed by atoms with Crippen molar-refractivity contribution in [3.63, 3.8) is 0 Å². The van der Waals surface area contributed by atoms with Gasteiger partial charge in [0.05, 0.1) is 16.8 Å². The van der Waals surface area contributed by atoms with Crippen LogP contribution in [0.25, 0.3) is 10.9 Å². The fourth-order valence-electron chi connectivity index (χ4n) is 2.56. The van der Waals surface area contributed by atoms with Gasteiger partial charge in [-0.15, -0.1) is 0 Å². The number of aromatic carboxylic acids is 1. The van der Waals surface area contributed by atoms with Crippen LogP contribution < -0.4 is 11.3 Å². The number of hydrogen-bond donors (Lipinski definition) is 3. The fraction of sp³-hybridized carbons (Fsp3) is 0.231. The number of nitrogens with one attached hydrogen (secondary N) is 1. The molecule has 0 bridgehead atoms. The SMILES string of the molecule is NNc1c2c(nc3ccc(C(=O)O)cc13)CCC2. The van der Waals surface area contributed by atoms with Crippen LogP contribution in [-0.4, -0.2) is 16.1 Å². The first-order chi connectivity index (χ1) is 8.70. The molecule has 1 heterocycles. The molecule has 0 fully saturated rings. The lowest BCUT2D eigenvalue weighted by Gasteiger charge is -2.11. The molecule has 18 heavy (non-hydrogen) atoms. The van der Waals surface area contributed by atoms with Crippen LogP contribution >= 0.6 is 0 Å². The van der Waals surface area contributed by atoms with E-state index in [1.54, 1.807) is 18.2 Å². The van der Waals surface area contributed by atoms with Crippen LogP contribution in [0, 0.1) is 0 Å². The number of pyridine rings is 1. The van der Waals surface area contributed by atoms with Crippen molar-refractivity contribution >= 4 is 22.6 Å². The molecule has 0 aliphatic heterocycles. The molecule has 0 radical (unpaired) electrons. The third kappa shape index (κ3) is 1.52. The molecule has 0 atom stereocenters. The first-order valence-electron chi connectivity index (χ1n) is 5.86. The summed E-state index contributed by atoms with van der Waals surface area (Å²) in [5, 5.41) is 9.81. The van der Waals surface area contributed by atoms with E-state index in [9.17, 15) is 4.79 Å². The number of carbonyl (C=O) groups is 1. The van der Waals surface area contributed by atoms with Crippen molar-refractivity contribution in [3.8, 4) is 0 Å². The van der Waals surface area contributed by atoms with Gasteiger partial charge in [-0.25, -0.2) is 4.79 Å². The molecule has 0 amide bonds. The summed E-state index contributed by atoms with van der Waals surface area (Å²) in [5.41, 5.74) is 6.74. The lowest BCUT2D eigenvalue weighted by molar-refractivity contribution is 0.0697. The first kappa shape index (κ1) is 11.0. The maximum absolute atomic E-state index is 11.0. The summed E-state index contributed by atoms with van der Waals surface area (Å²) < 4.78 is 0. The highest BCUT2D eigenvalue weighted by Crippen LogP contribution is 2.33. The molecule has 4 N–H and O–H groups in total. The Hall–Kier alpha value is -2.14. The van der Waals surface area contributed by atoms with E-state index in [-0.39, 0.29) is 5.56 Å². The highest BCUT2D eigenvalue weighted by atomic mass is 16.4. The van der Waals surface area contributed by atoms with Crippen LogP contribution in [0.3, 0.4) is 0 Å². The average Bonchev–Trinajstić information content (AvgIpc) is 2.82. The standard InChI is InChI=1S/C13H13N3O2/c14-16-12-8-2-1-3-10(8)15-11-5-4-7(13(17)18)6-9(11)12/h4-6H,1-3,14H2,(H,15,16)(H,17,18). The number of nitrogens with two attached hydrogens (primary N) is 1. The van der Waals surface area contributed by atoms with Gasteiger partial charge in [0.1, 0.15) is 0 Å². The van der Waals surface area contributed by atoms with E-state index >= 15 is 0 Å². The molecule has 1 aromatic carbocycles. The number of carboxylic acids is 1. The summed E-state index contributed by atoms with van der Waals surface area (Å²) in [4.78, 5) is 15.6. The lowest BCUT2D eigenvalue weighted by Crippen LogP contribution is -2.11. The number of nitrogens with zero attached hydrogens (tertiary/aromatic N) is 1. The largest absolute Gasteiger partial charge is 0.478 e. The molecule has 0 saturated heterocycles. The predicted molar refractivity (Wildman–Crippen MR) is 68.5 cm³/mol. The van der Waals surface area contributed by atoms with Crippen LogP contribution in [0.5, 0.6) is 0 Å². The van der Waals surface area contributed by atoms with Gasteiger partial charge in [-0.05, 0) is 43.0 Å². The van der Waals surface area contributed by atoms with Gasteiger partial charge in [0.25, 0.3) is 0 Å². The molecule has 2 aromatic rings. The Bertz CT molecular complexity index is 652. The van der Waals surface area contributed by atoms with Gasteiger partial charge in [0.2, 0.25) is 0 Å². The minimum Gasteiger partial charge on any atom is -0.478 e. The van der Waals surface area contributed by atoms with E-state index in [0.717, 1.165) is 47.1 Å². The van der Waals surface area contributed by atoms with Gasteiger partial charge >= 0.3 is 5.97 Å². The smallest absolute Gasteiger partial charge is 0.335 e. The fourth-order valence-corrected chi connectivity index (χ4v) is 2.56. The average molecular weight is 243 g/mol. The number of aromatic nitrogens is 1. The van der Waals surface area contributed by atoms with E-state index in [0.29, 0.717) is 0 Å². The number of rotatable bonds is 2. The monoisotopic (exact) mass is 243 g/mol. The molecule has 5 heteroatoms. The van der Waals surface area contributed by atoms with Crippen LogP contribution in [0.4, 0.5) is 5.69 Å². The van der Waals surface area contributed by atoms with Gasteiger partial charge < -0.3 is 10.5 Å². The van der Waals surface area contributed by atoms with Gasteiger partial charge in [-0.1, -0.05) is 0 Å². The number of fused-ring (bicyclic) bond motifs is 2. The maximum atomic E-state index is 11.0. The molecule has 1 aromatic heterocycles. The van der Waals surface area contributed by atoms with E-state index in [2.05, 4.69) is 10.4 Å². The van der Waals surface area contributed by atoms with Crippen molar-refractivity contribution in [1.82, 2.24) is 4.98 Å². The second kappa shape index (κ2) is 3.96. The minimum absolute atomic E-state index is 0.249. The molecule has 1 aliphatic rings. The zero-order valence-electron chi connectivity index (χ0n) is 9.73. The van der Waals surface area contributed by atoms with Gasteiger partial charge in [-0.3, -0.25) is 10.8 Å². The summed E-state index contributed by atoms with van der Waals surface area (Å²) >= 11 is 0. The summed E-state index contributed by atoms with van der Waals surface area (Å²) in [5.74, 6) is 4.65. The van der Waals surface area contributed by atoms with E-state index < -0.39 is 5.97 Å². The minimum atomic E-state index is -0.944. The maximum Gasteiger partial charge on any atom is 0.335 e. The number of hydrazine groups is 1. The van der Waals surface area contributed by atoms with E-state index in [1.807, 2.05) is 0 Å². The summed E-state index contributed by atoms with van der Waals surface area (Å²) in [6, 6.07) is 4.93. The number of carboxylic acid groups (broad SMARTS) is 1. The summed E-state index contributed by atoms with van der Waals surface area (Å²) in [6.07, 6.45) is 2.97. The highest BCUT2D eigenvalue weighted by Gasteiger charge is 2.19. The lowest BCUT2D eigenvalue weighted by atomic mass is 10.0. The molecule has 3 rings (SSSR count). The molecule has 0 spiro atoms. The van der Waals surface area contributed by atoms with Gasteiger partial charge in [-0.2, -0.15) is 0 Å². The third-order valence-corrected chi connectivity index (χ3v) is 3.40. The van der Waals surface area contributed by atoms with E-state index in [1.165, 1.54) is 0 Å². The first-order valence-corrected chi connectivity index (χ1v) is 5.86. The number of aryl methyl sites for hydroxylation is 1. The van der Waals surface area contributed by atoms with Gasteiger partial charge in [0, 0.05) is 11.1 Å². The molecular weight excluding hydrogens is 230 g/mol. The second-order valence-electron chi connectivity index (χ2n) is 4.45. The Kier molecular flexibility index (Phi) is 2.41. The van der Waals surface area contributed by atoms with E-state index in [4.69, 9.17) is 10.9 Å². The number of anilines is 1. The zero-order chi connectivity index (χ0) is 12.7. The van der Waals surface area contributed by atoms with Crippen molar-refractivity contribution < 1.29 is 9.90 Å². The van der Waals surface area contributed by atoms with Crippen LogP contribution in [0.1, 0.15) is 28.0 Å². The third-order valence-electron chi connectivity index (χ3n) is 3.40. The molecule has 0 unspecified atom stereocenters. The normalized spacial score (nSPS) is 13.6. The molecule has 92 valence electrons.